The lowest BCUT2D eigenvalue weighted by Gasteiger charge is -2.12. The molecule has 0 saturated carbocycles. The van der Waals surface area contributed by atoms with Gasteiger partial charge in [-0.3, -0.25) is 9.38 Å². The molecule has 2 aromatic carbocycles. The van der Waals surface area contributed by atoms with E-state index in [-0.39, 0.29) is 6.04 Å². The molecule has 0 amide bonds. The number of fused-ring (bicyclic) bond motifs is 2. The van der Waals surface area contributed by atoms with Crippen LogP contribution in [-0.4, -0.2) is 21.5 Å². The van der Waals surface area contributed by atoms with Gasteiger partial charge in [0.1, 0.15) is 23.3 Å². The topological polar surface area (TPSA) is 80.9 Å². The summed E-state index contributed by atoms with van der Waals surface area (Å²) < 4.78 is 7.39. The zero-order valence-electron chi connectivity index (χ0n) is 16.8. The van der Waals surface area contributed by atoms with Gasteiger partial charge in [0.2, 0.25) is 0 Å². The van der Waals surface area contributed by atoms with Gasteiger partial charge >= 0.3 is 0 Å². The zero-order chi connectivity index (χ0) is 20.7. The molecule has 5 rings (SSSR count). The standard InChI is InChI=1S/C23H21N5O2/c1-14-11-16(4-8-20(14)30-2)22-23(28-10-9-24-13-21(28)26-22)25-17-5-6-18-15(12-17)3-7-19(18)27-29/h4-6,8-13,19,25H,3,7H2,1-2H3. The molecule has 1 aliphatic rings. The molecule has 4 aromatic rings. The number of hydrogen-bond acceptors (Lipinski definition) is 6. The van der Waals surface area contributed by atoms with Crippen LogP contribution in [0.5, 0.6) is 5.75 Å². The van der Waals surface area contributed by atoms with Crippen LogP contribution in [0, 0.1) is 11.8 Å². The Morgan fingerprint density at radius 2 is 2.13 bits per heavy atom. The van der Waals surface area contributed by atoms with Crippen molar-refractivity contribution in [3.05, 3.63) is 76.6 Å². The fraction of sp³-hybridized carbons (Fsp3) is 0.217. The number of rotatable bonds is 5. The van der Waals surface area contributed by atoms with Crippen LogP contribution in [-0.2, 0) is 6.42 Å². The number of ether oxygens (including phenoxy) is 1. The van der Waals surface area contributed by atoms with Crippen molar-refractivity contribution in [3.63, 3.8) is 0 Å². The molecule has 1 unspecified atom stereocenters. The number of nitrogens with one attached hydrogen (secondary N) is 1. The summed E-state index contributed by atoms with van der Waals surface area (Å²) in [4.78, 5) is 20.1. The van der Waals surface area contributed by atoms with Gasteiger partial charge in [-0.2, -0.15) is 4.91 Å². The van der Waals surface area contributed by atoms with E-state index < -0.39 is 0 Å². The van der Waals surface area contributed by atoms with E-state index >= 15 is 0 Å². The molecule has 7 nitrogen and oxygen atoms in total. The first-order chi connectivity index (χ1) is 14.7. The third kappa shape index (κ3) is 2.99. The van der Waals surface area contributed by atoms with E-state index in [0.717, 1.165) is 58.1 Å². The number of aryl methyl sites for hydroxylation is 2. The molecule has 2 heterocycles. The maximum atomic E-state index is 11.0. The number of imidazole rings is 1. The second kappa shape index (κ2) is 7.26. The molecule has 2 aromatic heterocycles. The van der Waals surface area contributed by atoms with Crippen molar-refractivity contribution < 1.29 is 4.74 Å². The van der Waals surface area contributed by atoms with E-state index in [1.807, 2.05) is 41.8 Å². The lowest BCUT2D eigenvalue weighted by molar-refractivity contribution is 0.412. The summed E-state index contributed by atoms with van der Waals surface area (Å²) in [6.07, 6.45) is 7.02. The number of hydrogen-bond donors (Lipinski definition) is 1. The van der Waals surface area contributed by atoms with Crippen molar-refractivity contribution in [1.29, 1.82) is 0 Å². The lowest BCUT2D eigenvalue weighted by Crippen LogP contribution is -1.98. The van der Waals surface area contributed by atoms with Crippen molar-refractivity contribution in [1.82, 2.24) is 14.4 Å². The van der Waals surface area contributed by atoms with Gasteiger partial charge in [-0.05, 0) is 66.8 Å². The SMILES string of the molecule is COc1ccc(-c2nc3cnccn3c2Nc2ccc3c(c2)CCC3N=O)cc1C. The van der Waals surface area contributed by atoms with Crippen LogP contribution in [0.4, 0.5) is 11.5 Å². The highest BCUT2D eigenvalue weighted by atomic mass is 16.5. The maximum absolute atomic E-state index is 11.0. The highest BCUT2D eigenvalue weighted by Gasteiger charge is 2.23. The van der Waals surface area contributed by atoms with Crippen LogP contribution in [0.1, 0.15) is 29.2 Å². The summed E-state index contributed by atoms with van der Waals surface area (Å²) in [5, 5.41) is 6.79. The second-order valence-corrected chi connectivity index (χ2v) is 7.50. The van der Waals surface area contributed by atoms with Gasteiger partial charge < -0.3 is 10.1 Å². The highest BCUT2D eigenvalue weighted by molar-refractivity contribution is 5.80. The minimum Gasteiger partial charge on any atom is -0.496 e. The zero-order valence-corrected chi connectivity index (χ0v) is 16.8. The lowest BCUT2D eigenvalue weighted by atomic mass is 10.1. The number of anilines is 2. The Labute approximate surface area is 173 Å². The van der Waals surface area contributed by atoms with E-state index in [1.165, 1.54) is 5.56 Å². The summed E-state index contributed by atoms with van der Waals surface area (Å²) in [6.45, 7) is 2.02. The molecule has 30 heavy (non-hydrogen) atoms. The Kier molecular flexibility index (Phi) is 4.43. The van der Waals surface area contributed by atoms with E-state index in [9.17, 15) is 4.91 Å². The predicted molar refractivity (Wildman–Crippen MR) is 116 cm³/mol. The summed E-state index contributed by atoms with van der Waals surface area (Å²) >= 11 is 0. The normalized spacial score (nSPS) is 15.2. The molecule has 0 saturated heterocycles. The molecule has 0 spiro atoms. The number of methoxy groups -OCH3 is 1. The van der Waals surface area contributed by atoms with Crippen molar-refractivity contribution in [2.75, 3.05) is 12.4 Å². The number of aromatic nitrogens is 3. The maximum Gasteiger partial charge on any atom is 0.157 e. The smallest absolute Gasteiger partial charge is 0.157 e. The Balaban J connectivity index is 1.60. The van der Waals surface area contributed by atoms with Gasteiger partial charge in [0.05, 0.1) is 13.3 Å². The Hall–Kier alpha value is -3.74. The minimum absolute atomic E-state index is 0.228. The fourth-order valence-electron chi connectivity index (χ4n) is 4.17. The van der Waals surface area contributed by atoms with Gasteiger partial charge in [-0.1, -0.05) is 11.2 Å². The molecule has 150 valence electrons. The highest BCUT2D eigenvalue weighted by Crippen LogP contribution is 2.37. The molecule has 1 aliphatic carbocycles. The molecular weight excluding hydrogens is 378 g/mol. The third-order valence-corrected chi connectivity index (χ3v) is 5.68. The molecule has 7 heteroatoms. The summed E-state index contributed by atoms with van der Waals surface area (Å²) in [7, 11) is 1.67. The van der Waals surface area contributed by atoms with E-state index in [2.05, 4.69) is 27.6 Å². The molecule has 0 bridgehead atoms. The first-order valence-electron chi connectivity index (χ1n) is 9.87. The molecule has 0 radical (unpaired) electrons. The first kappa shape index (κ1) is 18.3. The van der Waals surface area contributed by atoms with E-state index in [1.54, 1.807) is 19.5 Å². The predicted octanol–water partition coefficient (Wildman–Crippen LogP) is 5.21. The fourth-order valence-corrected chi connectivity index (χ4v) is 4.17. The Bertz CT molecular complexity index is 1260. The van der Waals surface area contributed by atoms with Crippen LogP contribution >= 0.6 is 0 Å². The largest absolute Gasteiger partial charge is 0.496 e. The van der Waals surface area contributed by atoms with Crippen LogP contribution in [0.3, 0.4) is 0 Å². The van der Waals surface area contributed by atoms with Crippen LogP contribution in [0.15, 0.2) is 60.2 Å². The summed E-state index contributed by atoms with van der Waals surface area (Å²) in [6, 6.07) is 11.9. The number of nitroso groups, excluding NO2 is 1. The number of benzene rings is 2. The van der Waals surface area contributed by atoms with Crippen LogP contribution in [0.2, 0.25) is 0 Å². The van der Waals surface area contributed by atoms with Crippen LogP contribution < -0.4 is 10.1 Å². The van der Waals surface area contributed by atoms with Gasteiger partial charge in [0.15, 0.2) is 5.65 Å². The van der Waals surface area contributed by atoms with E-state index in [0.29, 0.717) is 0 Å². The van der Waals surface area contributed by atoms with Gasteiger partial charge in [-0.15, -0.1) is 0 Å². The first-order valence-corrected chi connectivity index (χ1v) is 9.87. The quantitative estimate of drug-likeness (QED) is 0.466. The van der Waals surface area contributed by atoms with Crippen molar-refractivity contribution in [3.8, 4) is 17.0 Å². The van der Waals surface area contributed by atoms with Gasteiger partial charge in [0, 0.05) is 23.6 Å². The molecule has 0 fully saturated rings. The molecular formula is C23H21N5O2. The van der Waals surface area contributed by atoms with Crippen molar-refractivity contribution in [2.45, 2.75) is 25.8 Å². The molecule has 0 aliphatic heterocycles. The van der Waals surface area contributed by atoms with Gasteiger partial charge in [0.25, 0.3) is 0 Å². The summed E-state index contributed by atoms with van der Waals surface area (Å²) in [5.41, 5.74) is 6.78. The van der Waals surface area contributed by atoms with E-state index in [4.69, 9.17) is 9.72 Å². The van der Waals surface area contributed by atoms with Crippen molar-refractivity contribution in [2.24, 2.45) is 5.18 Å². The monoisotopic (exact) mass is 399 g/mol. The van der Waals surface area contributed by atoms with Crippen LogP contribution in [0.25, 0.3) is 16.9 Å². The molecule has 1 N–H and O–H groups in total. The Morgan fingerprint density at radius 1 is 1.23 bits per heavy atom. The van der Waals surface area contributed by atoms with Crippen molar-refractivity contribution >= 4 is 17.2 Å². The molecule has 1 atom stereocenters. The average molecular weight is 399 g/mol. The summed E-state index contributed by atoms with van der Waals surface area (Å²) in [5.74, 6) is 1.70. The number of nitrogens with zero attached hydrogens (tertiary/aromatic N) is 4. The van der Waals surface area contributed by atoms with Gasteiger partial charge in [-0.25, -0.2) is 4.98 Å². The minimum atomic E-state index is -0.228. The second-order valence-electron chi connectivity index (χ2n) is 7.50. The Morgan fingerprint density at radius 3 is 2.93 bits per heavy atom. The average Bonchev–Trinajstić information content (AvgIpc) is 3.35. The third-order valence-electron chi connectivity index (χ3n) is 5.68.